The Morgan fingerprint density at radius 2 is 1.95 bits per heavy atom. The molecular weight excluding hydrogens is 282 g/mol. The number of carbonyl (C=O) groups excluding carboxylic acids is 1. The summed E-state index contributed by atoms with van der Waals surface area (Å²) in [4.78, 5) is 11.8. The van der Waals surface area contributed by atoms with Crippen molar-refractivity contribution in [3.05, 3.63) is 23.8 Å². The molecule has 1 aromatic carbocycles. The van der Waals surface area contributed by atoms with Crippen molar-refractivity contribution in [2.24, 2.45) is 5.92 Å². The fourth-order valence-electron chi connectivity index (χ4n) is 2.22. The number of carbonyl (C=O) groups is 1. The molecule has 0 bridgehead atoms. The highest BCUT2D eigenvalue weighted by Gasteiger charge is 2.19. The molecule has 0 aliphatic carbocycles. The summed E-state index contributed by atoms with van der Waals surface area (Å²) < 4.78 is 15.7. The summed E-state index contributed by atoms with van der Waals surface area (Å²) in [5.74, 6) is 1.60. The van der Waals surface area contributed by atoms with E-state index < -0.39 is 0 Å². The molecule has 5 nitrogen and oxygen atoms in total. The first-order valence-corrected chi connectivity index (χ1v) is 7.62. The van der Waals surface area contributed by atoms with Gasteiger partial charge in [-0.15, -0.1) is 0 Å². The Kier molecular flexibility index (Phi) is 7.74. The zero-order valence-electron chi connectivity index (χ0n) is 14.1. The summed E-state index contributed by atoms with van der Waals surface area (Å²) in [6.45, 7) is 7.23. The van der Waals surface area contributed by atoms with Crippen LogP contribution in [0.3, 0.4) is 0 Å². The van der Waals surface area contributed by atoms with E-state index in [1.54, 1.807) is 7.11 Å². The monoisotopic (exact) mass is 309 g/mol. The van der Waals surface area contributed by atoms with Gasteiger partial charge in [0.05, 0.1) is 20.8 Å². The van der Waals surface area contributed by atoms with Gasteiger partial charge in [0.15, 0.2) is 11.5 Å². The van der Waals surface area contributed by atoms with E-state index in [0.29, 0.717) is 30.6 Å². The van der Waals surface area contributed by atoms with E-state index in [1.807, 2.05) is 25.1 Å². The van der Waals surface area contributed by atoms with Crippen molar-refractivity contribution in [3.8, 4) is 11.5 Å². The number of methoxy groups -OCH3 is 2. The molecular formula is C17H27NO4. The number of rotatable bonds is 9. The van der Waals surface area contributed by atoms with Crippen LogP contribution in [0.1, 0.15) is 32.8 Å². The molecule has 1 rings (SSSR count). The molecule has 0 amide bonds. The van der Waals surface area contributed by atoms with Crippen LogP contribution in [-0.2, 0) is 16.1 Å². The summed E-state index contributed by atoms with van der Waals surface area (Å²) in [6.07, 6.45) is 0.737. The van der Waals surface area contributed by atoms with Gasteiger partial charge in [-0.05, 0) is 37.0 Å². The fourth-order valence-corrected chi connectivity index (χ4v) is 2.22. The maximum absolute atomic E-state index is 11.8. The smallest absolute Gasteiger partial charge is 0.322 e. The molecule has 1 N–H and O–H groups in total. The van der Waals surface area contributed by atoms with Gasteiger partial charge in [0.2, 0.25) is 0 Å². The van der Waals surface area contributed by atoms with Gasteiger partial charge in [-0.25, -0.2) is 0 Å². The number of ether oxygens (including phenoxy) is 3. The Labute approximate surface area is 132 Å². The van der Waals surface area contributed by atoms with Crippen molar-refractivity contribution in [2.45, 2.75) is 39.8 Å². The number of esters is 1. The van der Waals surface area contributed by atoms with E-state index in [9.17, 15) is 4.79 Å². The van der Waals surface area contributed by atoms with Crippen molar-refractivity contribution in [1.29, 1.82) is 0 Å². The molecule has 0 fully saturated rings. The Bertz CT molecular complexity index is 474. The molecule has 1 atom stereocenters. The molecule has 124 valence electrons. The maximum Gasteiger partial charge on any atom is 0.322 e. The molecule has 1 aromatic rings. The summed E-state index contributed by atoms with van der Waals surface area (Å²) >= 11 is 0. The summed E-state index contributed by atoms with van der Waals surface area (Å²) in [7, 11) is 3.03. The second-order valence-electron chi connectivity index (χ2n) is 5.50. The van der Waals surface area contributed by atoms with E-state index in [2.05, 4.69) is 19.2 Å². The van der Waals surface area contributed by atoms with Crippen LogP contribution in [-0.4, -0.2) is 32.8 Å². The van der Waals surface area contributed by atoms with Crippen molar-refractivity contribution < 1.29 is 19.0 Å². The Balaban J connectivity index is 2.76. The molecule has 0 aliphatic rings. The van der Waals surface area contributed by atoms with Gasteiger partial charge in [-0.2, -0.15) is 0 Å². The average Bonchev–Trinajstić information content (AvgIpc) is 2.50. The van der Waals surface area contributed by atoms with Crippen LogP contribution < -0.4 is 14.8 Å². The lowest BCUT2D eigenvalue weighted by molar-refractivity contribution is -0.143. The number of hydrogen-bond donors (Lipinski definition) is 1. The standard InChI is InChI=1S/C17H27NO4/c1-6-22-16-10-13(7-8-15(16)20-4)11-18-14(9-12(2)3)17(19)21-5/h7-8,10,12,14,18H,6,9,11H2,1-5H3. The second-order valence-corrected chi connectivity index (χ2v) is 5.50. The zero-order valence-corrected chi connectivity index (χ0v) is 14.1. The first-order chi connectivity index (χ1) is 10.5. The highest BCUT2D eigenvalue weighted by Crippen LogP contribution is 2.28. The van der Waals surface area contributed by atoms with Gasteiger partial charge in [0.1, 0.15) is 6.04 Å². The lowest BCUT2D eigenvalue weighted by Gasteiger charge is -2.19. The minimum atomic E-state index is -0.303. The molecule has 22 heavy (non-hydrogen) atoms. The zero-order chi connectivity index (χ0) is 16.5. The molecule has 0 heterocycles. The third kappa shape index (κ3) is 5.56. The molecule has 0 aliphatic heterocycles. The quantitative estimate of drug-likeness (QED) is 0.711. The SMILES string of the molecule is CCOc1cc(CNC(CC(C)C)C(=O)OC)ccc1OC. The van der Waals surface area contributed by atoms with Crippen LogP contribution in [0.25, 0.3) is 0 Å². The van der Waals surface area contributed by atoms with E-state index in [-0.39, 0.29) is 12.0 Å². The molecule has 0 spiro atoms. The Morgan fingerprint density at radius 1 is 1.23 bits per heavy atom. The van der Waals surface area contributed by atoms with Gasteiger partial charge in [-0.1, -0.05) is 19.9 Å². The molecule has 0 aromatic heterocycles. The topological polar surface area (TPSA) is 56.8 Å². The third-order valence-corrected chi connectivity index (χ3v) is 3.27. The molecule has 1 unspecified atom stereocenters. The summed E-state index contributed by atoms with van der Waals surface area (Å²) in [6, 6.07) is 5.46. The summed E-state index contributed by atoms with van der Waals surface area (Å²) in [5, 5.41) is 3.25. The van der Waals surface area contributed by atoms with Gasteiger partial charge in [0.25, 0.3) is 0 Å². The molecule has 5 heteroatoms. The number of benzene rings is 1. The lowest BCUT2D eigenvalue weighted by atomic mass is 10.0. The van der Waals surface area contributed by atoms with Crippen LogP contribution in [0.2, 0.25) is 0 Å². The summed E-state index contributed by atoms with van der Waals surface area (Å²) in [5.41, 5.74) is 1.03. The predicted octanol–water partition coefficient (Wildman–Crippen LogP) is 2.77. The van der Waals surface area contributed by atoms with Crippen LogP contribution >= 0.6 is 0 Å². The largest absolute Gasteiger partial charge is 0.493 e. The highest BCUT2D eigenvalue weighted by atomic mass is 16.5. The van der Waals surface area contributed by atoms with Gasteiger partial charge >= 0.3 is 5.97 Å². The van der Waals surface area contributed by atoms with Crippen molar-refractivity contribution in [3.63, 3.8) is 0 Å². The normalized spacial score (nSPS) is 12.1. The average molecular weight is 309 g/mol. The van der Waals surface area contributed by atoms with Gasteiger partial charge in [-0.3, -0.25) is 4.79 Å². The Hall–Kier alpha value is -1.75. The number of hydrogen-bond acceptors (Lipinski definition) is 5. The van der Waals surface area contributed by atoms with Gasteiger partial charge < -0.3 is 19.5 Å². The second kappa shape index (κ2) is 9.30. The van der Waals surface area contributed by atoms with E-state index in [4.69, 9.17) is 14.2 Å². The van der Waals surface area contributed by atoms with E-state index >= 15 is 0 Å². The molecule has 0 saturated heterocycles. The minimum absolute atomic E-state index is 0.229. The van der Waals surface area contributed by atoms with Crippen LogP contribution in [0.5, 0.6) is 11.5 Å². The van der Waals surface area contributed by atoms with Crippen molar-refractivity contribution in [1.82, 2.24) is 5.32 Å². The van der Waals surface area contributed by atoms with Crippen molar-refractivity contribution >= 4 is 5.97 Å². The van der Waals surface area contributed by atoms with E-state index in [0.717, 1.165) is 12.0 Å². The molecule has 0 radical (unpaired) electrons. The maximum atomic E-state index is 11.8. The van der Waals surface area contributed by atoms with Crippen LogP contribution in [0.4, 0.5) is 0 Å². The predicted molar refractivity (Wildman–Crippen MR) is 86.3 cm³/mol. The highest BCUT2D eigenvalue weighted by molar-refractivity contribution is 5.75. The van der Waals surface area contributed by atoms with E-state index in [1.165, 1.54) is 7.11 Å². The first kappa shape index (κ1) is 18.3. The van der Waals surface area contributed by atoms with Crippen LogP contribution in [0, 0.1) is 5.92 Å². The third-order valence-electron chi connectivity index (χ3n) is 3.27. The molecule has 0 saturated carbocycles. The first-order valence-electron chi connectivity index (χ1n) is 7.62. The van der Waals surface area contributed by atoms with Crippen LogP contribution in [0.15, 0.2) is 18.2 Å². The minimum Gasteiger partial charge on any atom is -0.493 e. The Morgan fingerprint density at radius 3 is 2.50 bits per heavy atom. The number of nitrogens with one attached hydrogen (secondary N) is 1. The lowest BCUT2D eigenvalue weighted by Crippen LogP contribution is -2.38. The van der Waals surface area contributed by atoms with Gasteiger partial charge in [0, 0.05) is 6.54 Å². The fraction of sp³-hybridized carbons (Fsp3) is 0.588. The van der Waals surface area contributed by atoms with Crippen molar-refractivity contribution in [2.75, 3.05) is 20.8 Å².